The molecule has 0 radical (unpaired) electrons. The van der Waals surface area contributed by atoms with Crippen molar-refractivity contribution in [3.8, 4) is 0 Å². The molecule has 1 aliphatic rings. The number of nitrogens with zero attached hydrogens (tertiary/aromatic N) is 3. The summed E-state index contributed by atoms with van der Waals surface area (Å²) in [7, 11) is 0. The summed E-state index contributed by atoms with van der Waals surface area (Å²) in [5, 5.41) is 6.84. The highest BCUT2D eigenvalue weighted by Crippen LogP contribution is 2.32. The van der Waals surface area contributed by atoms with E-state index in [0.29, 0.717) is 25.6 Å². The minimum absolute atomic E-state index is 0.134. The van der Waals surface area contributed by atoms with E-state index in [1.54, 1.807) is 0 Å². The van der Waals surface area contributed by atoms with Crippen LogP contribution in [-0.4, -0.2) is 31.2 Å². The van der Waals surface area contributed by atoms with Gasteiger partial charge in [0, 0.05) is 11.5 Å². The average Bonchev–Trinajstić information content (AvgIpc) is 2.41. The quantitative estimate of drug-likeness (QED) is 0.253. The second kappa shape index (κ2) is 8.02. The number of carbonyl (C=O) groups excluding carboxylic acids is 1. The first-order chi connectivity index (χ1) is 9.14. The lowest BCUT2D eigenvalue weighted by molar-refractivity contribution is -0.153. The Morgan fingerprint density at radius 3 is 2.79 bits per heavy atom. The number of azide groups is 1. The minimum Gasteiger partial charge on any atom is -0.465 e. The zero-order valence-electron chi connectivity index (χ0n) is 11.9. The molecule has 108 valence electrons. The summed E-state index contributed by atoms with van der Waals surface area (Å²) < 4.78 is 5.21. The first kappa shape index (κ1) is 15.8. The van der Waals surface area contributed by atoms with Gasteiger partial charge in [-0.05, 0) is 57.0 Å². The monoisotopic (exact) mass is 268 g/mol. The van der Waals surface area contributed by atoms with Crippen molar-refractivity contribution in [2.45, 2.75) is 51.5 Å². The lowest BCUT2D eigenvalue weighted by atomic mass is 9.77. The van der Waals surface area contributed by atoms with Crippen LogP contribution in [0.5, 0.6) is 0 Å². The summed E-state index contributed by atoms with van der Waals surface area (Å²) in [6.45, 7) is 5.59. The summed E-state index contributed by atoms with van der Waals surface area (Å²) in [5.74, 6) is 0.540. The number of ether oxygens (including phenoxy) is 1. The first-order valence-electron chi connectivity index (χ1n) is 7.07. The van der Waals surface area contributed by atoms with Crippen molar-refractivity contribution in [1.82, 2.24) is 5.32 Å². The Morgan fingerprint density at radius 1 is 1.53 bits per heavy atom. The molecule has 0 aromatic rings. The zero-order chi connectivity index (χ0) is 14.1. The molecule has 1 aliphatic carbocycles. The smallest absolute Gasteiger partial charge is 0.326 e. The van der Waals surface area contributed by atoms with Gasteiger partial charge in [0.15, 0.2) is 0 Å². The van der Waals surface area contributed by atoms with Crippen LogP contribution in [0.2, 0.25) is 0 Å². The normalized spacial score (nSPS) is 26.5. The predicted octanol–water partition coefficient (Wildman–Crippen LogP) is 2.79. The molecule has 0 amide bonds. The number of carbonyl (C=O) groups is 1. The molecule has 0 aromatic heterocycles. The fourth-order valence-electron chi connectivity index (χ4n) is 2.50. The molecular weight excluding hydrogens is 244 g/mol. The van der Waals surface area contributed by atoms with Gasteiger partial charge in [-0.15, -0.1) is 0 Å². The van der Waals surface area contributed by atoms with E-state index in [9.17, 15) is 4.79 Å². The van der Waals surface area contributed by atoms with Crippen molar-refractivity contribution in [2.24, 2.45) is 11.0 Å². The molecule has 0 atom stereocenters. The van der Waals surface area contributed by atoms with Crippen LogP contribution < -0.4 is 5.32 Å². The summed E-state index contributed by atoms with van der Waals surface area (Å²) in [6, 6.07) is 0. The van der Waals surface area contributed by atoms with Crippen LogP contribution in [0.3, 0.4) is 0 Å². The molecule has 19 heavy (non-hydrogen) atoms. The van der Waals surface area contributed by atoms with E-state index in [0.717, 1.165) is 32.1 Å². The highest BCUT2D eigenvalue weighted by molar-refractivity contribution is 5.81. The van der Waals surface area contributed by atoms with Gasteiger partial charge in [0.1, 0.15) is 5.54 Å². The Hall–Kier alpha value is -1.26. The van der Waals surface area contributed by atoms with E-state index in [-0.39, 0.29) is 5.97 Å². The van der Waals surface area contributed by atoms with Gasteiger partial charge in [0.25, 0.3) is 0 Å². The summed E-state index contributed by atoms with van der Waals surface area (Å²) in [4.78, 5) is 14.9. The van der Waals surface area contributed by atoms with E-state index >= 15 is 0 Å². The third-order valence-electron chi connectivity index (χ3n) is 3.76. The standard InChI is InChI=1S/C13H24N4O2/c1-3-19-12(18)13(7-5-11(2)6-8-13)15-9-4-10-16-17-14/h11,15H,3-10H2,1-2H3. The summed E-state index contributed by atoms with van der Waals surface area (Å²) in [6.07, 6.45) is 4.48. The fraction of sp³-hybridized carbons (Fsp3) is 0.923. The van der Waals surface area contributed by atoms with Gasteiger partial charge in [-0.2, -0.15) is 0 Å². The van der Waals surface area contributed by atoms with Gasteiger partial charge in [-0.1, -0.05) is 12.0 Å². The average molecular weight is 268 g/mol. The second-order valence-corrected chi connectivity index (χ2v) is 5.22. The number of rotatable bonds is 7. The molecule has 0 bridgehead atoms. The fourth-order valence-corrected chi connectivity index (χ4v) is 2.50. The number of hydrogen-bond acceptors (Lipinski definition) is 4. The van der Waals surface area contributed by atoms with Gasteiger partial charge in [0.05, 0.1) is 6.61 Å². The van der Waals surface area contributed by atoms with Gasteiger partial charge in [0.2, 0.25) is 0 Å². The second-order valence-electron chi connectivity index (χ2n) is 5.22. The minimum atomic E-state index is -0.529. The van der Waals surface area contributed by atoms with Crippen LogP contribution in [-0.2, 0) is 9.53 Å². The highest BCUT2D eigenvalue weighted by atomic mass is 16.5. The number of hydrogen-bond donors (Lipinski definition) is 1. The van der Waals surface area contributed by atoms with Crippen LogP contribution in [0.1, 0.15) is 46.0 Å². The van der Waals surface area contributed by atoms with Crippen LogP contribution in [0.4, 0.5) is 0 Å². The lowest BCUT2D eigenvalue weighted by Crippen LogP contribution is -2.55. The van der Waals surface area contributed by atoms with E-state index in [1.807, 2.05) is 6.92 Å². The van der Waals surface area contributed by atoms with Crippen molar-refractivity contribution in [1.29, 1.82) is 0 Å². The van der Waals surface area contributed by atoms with Crippen molar-refractivity contribution in [2.75, 3.05) is 19.7 Å². The molecule has 1 fully saturated rings. The maximum atomic E-state index is 12.2. The largest absolute Gasteiger partial charge is 0.465 e. The van der Waals surface area contributed by atoms with Crippen LogP contribution in [0.25, 0.3) is 10.4 Å². The maximum Gasteiger partial charge on any atom is 0.326 e. The van der Waals surface area contributed by atoms with Crippen molar-refractivity contribution in [3.05, 3.63) is 10.4 Å². The van der Waals surface area contributed by atoms with Crippen LogP contribution in [0, 0.1) is 5.92 Å². The van der Waals surface area contributed by atoms with Crippen LogP contribution in [0.15, 0.2) is 5.11 Å². The molecule has 0 heterocycles. The summed E-state index contributed by atoms with van der Waals surface area (Å²) >= 11 is 0. The summed E-state index contributed by atoms with van der Waals surface area (Å²) in [5.41, 5.74) is 7.69. The molecule has 0 unspecified atom stereocenters. The van der Waals surface area contributed by atoms with Crippen molar-refractivity contribution < 1.29 is 9.53 Å². The Kier molecular flexibility index (Phi) is 6.67. The van der Waals surface area contributed by atoms with Gasteiger partial charge >= 0.3 is 5.97 Å². The molecule has 0 spiro atoms. The predicted molar refractivity (Wildman–Crippen MR) is 73.6 cm³/mol. The van der Waals surface area contributed by atoms with E-state index in [4.69, 9.17) is 10.3 Å². The van der Waals surface area contributed by atoms with Gasteiger partial charge in [-0.25, -0.2) is 0 Å². The number of nitrogens with one attached hydrogen (secondary N) is 1. The molecule has 6 heteroatoms. The Labute approximate surface area is 114 Å². The molecule has 1 saturated carbocycles. The van der Waals surface area contributed by atoms with Gasteiger partial charge in [-0.3, -0.25) is 4.79 Å². The molecule has 0 aromatic carbocycles. The zero-order valence-corrected chi connectivity index (χ0v) is 11.9. The van der Waals surface area contributed by atoms with E-state index < -0.39 is 5.54 Å². The van der Waals surface area contributed by atoms with Gasteiger partial charge < -0.3 is 10.1 Å². The topological polar surface area (TPSA) is 87.1 Å². The molecule has 0 saturated heterocycles. The van der Waals surface area contributed by atoms with E-state index in [2.05, 4.69) is 22.3 Å². The third kappa shape index (κ3) is 4.73. The molecule has 1 rings (SSSR count). The molecular formula is C13H24N4O2. The lowest BCUT2D eigenvalue weighted by Gasteiger charge is -2.38. The van der Waals surface area contributed by atoms with Crippen molar-refractivity contribution in [3.63, 3.8) is 0 Å². The van der Waals surface area contributed by atoms with Crippen LogP contribution >= 0.6 is 0 Å². The van der Waals surface area contributed by atoms with E-state index in [1.165, 1.54) is 0 Å². The van der Waals surface area contributed by atoms with Crippen molar-refractivity contribution >= 4 is 5.97 Å². The Balaban J connectivity index is 2.54. The number of esters is 1. The maximum absolute atomic E-state index is 12.2. The molecule has 6 nitrogen and oxygen atoms in total. The molecule has 1 N–H and O–H groups in total. The SMILES string of the molecule is CCOC(=O)C1(NCCCN=[N+]=[N-])CCC(C)CC1. The Bertz CT molecular complexity index is 332. The Morgan fingerprint density at radius 2 is 2.21 bits per heavy atom. The first-order valence-corrected chi connectivity index (χ1v) is 7.07. The third-order valence-corrected chi connectivity index (χ3v) is 3.76. The molecule has 0 aliphatic heterocycles. The highest BCUT2D eigenvalue weighted by Gasteiger charge is 2.41.